The molecule has 8 heteroatoms. The second-order valence-corrected chi connectivity index (χ2v) is 14.9. The molecule has 7 aromatic carbocycles. The molecule has 0 saturated heterocycles. The van der Waals surface area contributed by atoms with E-state index in [-0.39, 0.29) is 5.75 Å². The zero-order valence-corrected chi connectivity index (χ0v) is 31.0. The second kappa shape index (κ2) is 13.3. The van der Waals surface area contributed by atoms with Gasteiger partial charge in [-0.25, -0.2) is 24.9 Å². The Hall–Kier alpha value is -7.55. The number of hydrogen-bond acceptors (Lipinski definition) is 8. The lowest BCUT2D eigenvalue weighted by Gasteiger charge is -2.12. The molecule has 0 atom stereocenters. The summed E-state index contributed by atoms with van der Waals surface area (Å²) in [5, 5.41) is 15.3. The maximum atomic E-state index is 12.0. The molecule has 268 valence electrons. The summed E-state index contributed by atoms with van der Waals surface area (Å²) in [4.78, 5) is 24.9. The SMILES string of the molecule is Oc1c(-c2ccc(-c3nc(-c4ccccc4)c4oc5ccccc5c4n3)cc2)cccc1-c1nc(-c2ccccc2)nc(-c2ccc3c(c2)sc2ccccc23)n1. The zero-order chi connectivity index (χ0) is 37.9. The Kier molecular flexibility index (Phi) is 7.68. The highest BCUT2D eigenvalue weighted by atomic mass is 32.1. The monoisotopic (exact) mass is 751 g/mol. The van der Waals surface area contributed by atoms with Gasteiger partial charge in [-0.15, -0.1) is 11.3 Å². The average molecular weight is 752 g/mol. The Balaban J connectivity index is 0.998. The minimum absolute atomic E-state index is 0.0790. The van der Waals surface area contributed by atoms with Crippen LogP contribution in [0.15, 0.2) is 174 Å². The maximum absolute atomic E-state index is 12.0. The van der Waals surface area contributed by atoms with Crippen LogP contribution in [0, 0.1) is 0 Å². The summed E-state index contributed by atoms with van der Waals surface area (Å²) >= 11 is 1.75. The number of aromatic nitrogens is 5. The van der Waals surface area contributed by atoms with Crippen LogP contribution in [0.4, 0.5) is 0 Å². The summed E-state index contributed by atoms with van der Waals surface area (Å²) in [5.74, 6) is 2.10. The van der Waals surface area contributed by atoms with Crippen LogP contribution in [0.3, 0.4) is 0 Å². The van der Waals surface area contributed by atoms with Crippen molar-refractivity contribution in [2.75, 3.05) is 0 Å². The fourth-order valence-corrected chi connectivity index (χ4v) is 8.62. The number of phenols is 1. The van der Waals surface area contributed by atoms with E-state index in [1.54, 1.807) is 11.3 Å². The van der Waals surface area contributed by atoms with Crippen molar-refractivity contribution in [1.29, 1.82) is 0 Å². The first-order valence-electron chi connectivity index (χ1n) is 18.6. The van der Waals surface area contributed by atoms with Gasteiger partial charge in [0.05, 0.1) is 5.56 Å². The van der Waals surface area contributed by atoms with Crippen molar-refractivity contribution in [2.45, 2.75) is 0 Å². The van der Waals surface area contributed by atoms with Gasteiger partial charge in [0.25, 0.3) is 0 Å². The molecule has 0 amide bonds. The van der Waals surface area contributed by atoms with Crippen LogP contribution < -0.4 is 0 Å². The molecule has 0 saturated carbocycles. The molecule has 7 nitrogen and oxygen atoms in total. The van der Waals surface area contributed by atoms with E-state index in [2.05, 4.69) is 42.5 Å². The first-order valence-corrected chi connectivity index (χ1v) is 19.4. The summed E-state index contributed by atoms with van der Waals surface area (Å²) in [6.07, 6.45) is 0. The van der Waals surface area contributed by atoms with E-state index >= 15 is 0 Å². The lowest BCUT2D eigenvalue weighted by atomic mass is 9.99. The third-order valence-corrected chi connectivity index (χ3v) is 11.4. The Bertz CT molecular complexity index is 3310. The van der Waals surface area contributed by atoms with E-state index in [0.717, 1.165) is 54.7 Å². The van der Waals surface area contributed by atoms with Crippen LogP contribution in [-0.4, -0.2) is 30.0 Å². The van der Waals surface area contributed by atoms with E-state index in [0.29, 0.717) is 40.0 Å². The molecule has 11 rings (SSSR count). The molecule has 0 unspecified atom stereocenters. The molecule has 0 spiro atoms. The molecule has 0 fully saturated rings. The summed E-state index contributed by atoms with van der Waals surface area (Å²) in [6.45, 7) is 0. The van der Waals surface area contributed by atoms with Gasteiger partial charge in [-0.1, -0.05) is 140 Å². The Morgan fingerprint density at radius 2 is 0.982 bits per heavy atom. The molecular weight excluding hydrogens is 723 g/mol. The van der Waals surface area contributed by atoms with Gasteiger partial charge in [0.15, 0.2) is 28.9 Å². The van der Waals surface area contributed by atoms with Crippen molar-refractivity contribution in [3.05, 3.63) is 170 Å². The molecule has 0 aliphatic carbocycles. The minimum atomic E-state index is 0.0790. The third kappa shape index (κ3) is 5.70. The first-order chi connectivity index (χ1) is 28.1. The topological polar surface area (TPSA) is 97.8 Å². The number of para-hydroxylation sites is 2. The van der Waals surface area contributed by atoms with Crippen LogP contribution in [0.5, 0.6) is 5.75 Å². The highest BCUT2D eigenvalue weighted by molar-refractivity contribution is 7.25. The Morgan fingerprint density at radius 1 is 0.404 bits per heavy atom. The molecule has 1 N–H and O–H groups in total. The first kappa shape index (κ1) is 32.8. The molecule has 4 aromatic heterocycles. The second-order valence-electron chi connectivity index (χ2n) is 13.8. The van der Waals surface area contributed by atoms with E-state index in [4.69, 9.17) is 29.3 Å². The number of furan rings is 1. The van der Waals surface area contributed by atoms with Crippen molar-refractivity contribution >= 4 is 53.6 Å². The Labute approximate surface area is 330 Å². The third-order valence-electron chi connectivity index (χ3n) is 10.3. The molecule has 0 bridgehead atoms. The highest BCUT2D eigenvalue weighted by Crippen LogP contribution is 2.41. The van der Waals surface area contributed by atoms with Crippen LogP contribution in [0.1, 0.15) is 0 Å². The standard InChI is InChI=1S/C49H29N5O2S/c55-44-34(29-22-24-32(25-23-29)46-50-42(30-12-3-1-4-13-30)45-43(51-46)37-17-7-9-20-39(37)56-45)18-11-19-38(44)49-53-47(31-14-5-2-6-15-31)52-48(54-49)33-26-27-36-35-16-8-10-21-40(35)57-41(36)28-33/h1-28,55H. The molecule has 11 aromatic rings. The van der Waals surface area contributed by atoms with Gasteiger partial charge in [-0.2, -0.15) is 0 Å². The van der Waals surface area contributed by atoms with E-state index in [1.165, 1.54) is 15.5 Å². The number of thiophene rings is 1. The normalized spacial score (nSPS) is 11.6. The predicted molar refractivity (Wildman–Crippen MR) is 230 cm³/mol. The lowest BCUT2D eigenvalue weighted by molar-refractivity contribution is 0.479. The number of nitrogens with zero attached hydrogens (tertiary/aromatic N) is 5. The van der Waals surface area contributed by atoms with E-state index in [1.807, 2.05) is 127 Å². The number of phenolic OH excluding ortho intramolecular Hbond substituents is 1. The number of aromatic hydroxyl groups is 1. The fraction of sp³-hybridized carbons (Fsp3) is 0. The number of hydrogen-bond donors (Lipinski definition) is 1. The average Bonchev–Trinajstić information content (AvgIpc) is 3.85. The van der Waals surface area contributed by atoms with Gasteiger partial charge in [-0.3, -0.25) is 0 Å². The summed E-state index contributed by atoms with van der Waals surface area (Å²) in [7, 11) is 0. The quantitative estimate of drug-likeness (QED) is 0.181. The smallest absolute Gasteiger partial charge is 0.180 e. The van der Waals surface area contributed by atoms with Crippen LogP contribution in [0.25, 0.3) is 110 Å². The van der Waals surface area contributed by atoms with Gasteiger partial charge < -0.3 is 9.52 Å². The molecule has 0 radical (unpaired) electrons. The fourth-order valence-electron chi connectivity index (χ4n) is 7.47. The predicted octanol–water partition coefficient (Wildman–Crippen LogP) is 12.6. The van der Waals surface area contributed by atoms with Gasteiger partial charge in [-0.05, 0) is 35.9 Å². The van der Waals surface area contributed by atoms with Crippen LogP contribution >= 0.6 is 11.3 Å². The molecule has 4 heterocycles. The van der Waals surface area contributed by atoms with Gasteiger partial charge in [0.2, 0.25) is 0 Å². The summed E-state index contributed by atoms with van der Waals surface area (Å²) in [6, 6.07) is 56.2. The zero-order valence-electron chi connectivity index (χ0n) is 30.2. The van der Waals surface area contributed by atoms with Crippen LogP contribution in [-0.2, 0) is 0 Å². The number of fused-ring (bicyclic) bond motifs is 6. The summed E-state index contributed by atoms with van der Waals surface area (Å²) in [5.41, 5.74) is 8.41. The Morgan fingerprint density at radius 3 is 1.79 bits per heavy atom. The van der Waals surface area contributed by atoms with Crippen LogP contribution in [0.2, 0.25) is 0 Å². The lowest BCUT2D eigenvalue weighted by Crippen LogP contribution is -2.00. The molecular formula is C49H29N5O2S. The molecule has 57 heavy (non-hydrogen) atoms. The van der Waals surface area contributed by atoms with Gasteiger partial charge >= 0.3 is 0 Å². The molecule has 0 aliphatic heterocycles. The minimum Gasteiger partial charge on any atom is -0.507 e. The van der Waals surface area contributed by atoms with Crippen molar-refractivity contribution in [3.63, 3.8) is 0 Å². The summed E-state index contributed by atoms with van der Waals surface area (Å²) < 4.78 is 8.68. The maximum Gasteiger partial charge on any atom is 0.180 e. The van der Waals surface area contributed by atoms with Crippen molar-refractivity contribution in [2.24, 2.45) is 0 Å². The van der Waals surface area contributed by atoms with Crippen molar-refractivity contribution < 1.29 is 9.52 Å². The number of benzene rings is 7. The largest absolute Gasteiger partial charge is 0.507 e. The van der Waals surface area contributed by atoms with Crippen molar-refractivity contribution in [1.82, 2.24) is 24.9 Å². The van der Waals surface area contributed by atoms with Gasteiger partial charge in [0.1, 0.15) is 22.5 Å². The number of rotatable bonds is 6. The van der Waals surface area contributed by atoms with Crippen molar-refractivity contribution in [3.8, 4) is 73.7 Å². The highest BCUT2D eigenvalue weighted by Gasteiger charge is 2.20. The van der Waals surface area contributed by atoms with Gasteiger partial charge in [0, 0.05) is 53.4 Å². The van der Waals surface area contributed by atoms with E-state index in [9.17, 15) is 5.11 Å². The molecule has 0 aliphatic rings. The van der Waals surface area contributed by atoms with E-state index < -0.39 is 0 Å².